The van der Waals surface area contributed by atoms with Gasteiger partial charge in [0.25, 0.3) is 5.91 Å². The minimum atomic E-state index is -4.18. The first-order valence-electron chi connectivity index (χ1n) is 8.44. The molecule has 1 amide bonds. The third-order valence-corrected chi connectivity index (χ3v) is 5.20. The highest BCUT2D eigenvalue weighted by molar-refractivity contribution is 7.77. The lowest BCUT2D eigenvalue weighted by Crippen LogP contribution is -2.25. The molecular weight excluding hydrogens is 437 g/mol. The van der Waals surface area contributed by atoms with Gasteiger partial charge < -0.3 is 9.29 Å². The van der Waals surface area contributed by atoms with Crippen molar-refractivity contribution < 1.29 is 31.5 Å². The quantitative estimate of drug-likeness (QED) is 0.375. The van der Waals surface area contributed by atoms with E-state index in [0.29, 0.717) is 0 Å². The number of aromatic nitrogens is 3. The van der Waals surface area contributed by atoms with E-state index in [1.807, 2.05) is 0 Å². The summed E-state index contributed by atoms with van der Waals surface area (Å²) in [5.74, 6) is -0.499. The SMILES string of the molecule is O=C(NS(=O)[O-])c1ccc(-n2ccc(OCCCC3(C(F)(F)F)CC3)n2)nc1Cl. The number of ether oxygens (including phenoxy) is 1. The lowest BCUT2D eigenvalue weighted by molar-refractivity contribution is -0.189. The zero-order valence-corrected chi connectivity index (χ0v) is 16.3. The van der Waals surface area contributed by atoms with Gasteiger partial charge in [-0.15, -0.1) is 5.10 Å². The van der Waals surface area contributed by atoms with E-state index in [1.165, 1.54) is 29.1 Å². The van der Waals surface area contributed by atoms with E-state index in [9.17, 15) is 26.7 Å². The van der Waals surface area contributed by atoms with Gasteiger partial charge in [0.05, 0.1) is 17.6 Å². The minimum Gasteiger partial charge on any atom is -0.755 e. The van der Waals surface area contributed by atoms with E-state index in [1.54, 1.807) is 4.72 Å². The van der Waals surface area contributed by atoms with Crippen molar-refractivity contribution in [2.75, 3.05) is 6.61 Å². The van der Waals surface area contributed by atoms with Crippen LogP contribution in [-0.4, -0.2) is 42.2 Å². The van der Waals surface area contributed by atoms with Crippen molar-refractivity contribution in [2.24, 2.45) is 5.41 Å². The van der Waals surface area contributed by atoms with E-state index in [4.69, 9.17) is 16.3 Å². The maximum atomic E-state index is 12.9. The van der Waals surface area contributed by atoms with Crippen LogP contribution < -0.4 is 9.46 Å². The van der Waals surface area contributed by atoms with Gasteiger partial charge in [-0.1, -0.05) is 11.6 Å². The van der Waals surface area contributed by atoms with Gasteiger partial charge in [-0.3, -0.25) is 13.7 Å². The Kier molecular flexibility index (Phi) is 6.15. The molecule has 0 aliphatic heterocycles. The van der Waals surface area contributed by atoms with Gasteiger partial charge in [0.2, 0.25) is 5.88 Å². The predicted octanol–water partition coefficient (Wildman–Crippen LogP) is 2.95. The molecule has 1 unspecified atom stereocenters. The number of nitrogens with one attached hydrogen (secondary N) is 1. The molecule has 1 saturated carbocycles. The third-order valence-electron chi connectivity index (χ3n) is 4.56. The molecule has 2 heterocycles. The number of carbonyl (C=O) groups excluding carboxylic acids is 1. The normalized spacial score (nSPS) is 16.3. The smallest absolute Gasteiger partial charge is 0.394 e. The highest BCUT2D eigenvalue weighted by Gasteiger charge is 2.62. The maximum absolute atomic E-state index is 12.9. The molecule has 158 valence electrons. The van der Waals surface area contributed by atoms with Crippen LogP contribution in [-0.2, 0) is 11.3 Å². The van der Waals surface area contributed by atoms with Gasteiger partial charge >= 0.3 is 6.18 Å². The van der Waals surface area contributed by atoms with Crippen molar-refractivity contribution in [3.05, 3.63) is 35.1 Å². The topological polar surface area (TPSA) is 109 Å². The van der Waals surface area contributed by atoms with Gasteiger partial charge in [-0.05, 0) is 37.8 Å². The number of hydrogen-bond acceptors (Lipinski definition) is 6. The molecule has 1 aliphatic carbocycles. The molecule has 0 spiro atoms. The molecule has 2 aromatic rings. The first kappa shape index (κ1) is 21.5. The Balaban J connectivity index is 1.56. The number of alkyl halides is 3. The lowest BCUT2D eigenvalue weighted by Gasteiger charge is -2.18. The second kappa shape index (κ2) is 8.28. The van der Waals surface area contributed by atoms with Crippen molar-refractivity contribution in [3.8, 4) is 11.7 Å². The summed E-state index contributed by atoms with van der Waals surface area (Å²) in [6, 6.07) is 4.18. The van der Waals surface area contributed by atoms with Crippen LogP contribution in [0.2, 0.25) is 5.15 Å². The molecule has 1 N–H and O–H groups in total. The molecule has 13 heteroatoms. The Bertz CT molecular complexity index is 933. The molecule has 0 saturated heterocycles. The average molecular weight is 452 g/mol. The zero-order valence-electron chi connectivity index (χ0n) is 14.7. The summed E-state index contributed by atoms with van der Waals surface area (Å²) in [5, 5.41) is 3.86. The molecule has 8 nitrogen and oxygen atoms in total. The zero-order chi connectivity index (χ0) is 21.2. The van der Waals surface area contributed by atoms with Crippen molar-refractivity contribution in [3.63, 3.8) is 0 Å². The van der Waals surface area contributed by atoms with Crippen LogP contribution >= 0.6 is 11.6 Å². The first-order valence-corrected chi connectivity index (χ1v) is 9.89. The number of amides is 1. The Morgan fingerprint density at radius 1 is 1.38 bits per heavy atom. The van der Waals surface area contributed by atoms with Crippen molar-refractivity contribution in [2.45, 2.75) is 31.9 Å². The molecule has 1 atom stereocenters. The fourth-order valence-corrected chi connectivity index (χ4v) is 3.27. The van der Waals surface area contributed by atoms with Crippen LogP contribution in [0.15, 0.2) is 24.4 Å². The van der Waals surface area contributed by atoms with Crippen molar-refractivity contribution in [1.82, 2.24) is 19.5 Å². The number of halogens is 4. The minimum absolute atomic E-state index is 0.0199. The number of carbonyl (C=O) groups is 1. The Morgan fingerprint density at radius 2 is 2.10 bits per heavy atom. The molecule has 3 rings (SSSR count). The summed E-state index contributed by atoms with van der Waals surface area (Å²) in [6.45, 7) is 0.0917. The van der Waals surface area contributed by atoms with Crippen molar-refractivity contribution in [1.29, 1.82) is 0 Å². The summed E-state index contributed by atoms with van der Waals surface area (Å²) < 4.78 is 68.0. The summed E-state index contributed by atoms with van der Waals surface area (Å²) >= 11 is 3.13. The van der Waals surface area contributed by atoms with E-state index in [-0.39, 0.29) is 54.7 Å². The van der Waals surface area contributed by atoms with Gasteiger partial charge in [-0.2, -0.15) is 13.2 Å². The highest BCUT2D eigenvalue weighted by Crippen LogP contribution is 2.60. The van der Waals surface area contributed by atoms with E-state index >= 15 is 0 Å². The van der Waals surface area contributed by atoms with Crippen LogP contribution in [0.3, 0.4) is 0 Å². The Hall–Kier alpha value is -2.18. The van der Waals surface area contributed by atoms with Gasteiger partial charge in [0.1, 0.15) is 5.15 Å². The summed E-state index contributed by atoms with van der Waals surface area (Å²) in [6.07, 6.45) is -2.08. The predicted molar refractivity (Wildman–Crippen MR) is 95.2 cm³/mol. The first-order chi connectivity index (χ1) is 13.6. The van der Waals surface area contributed by atoms with Crippen LogP contribution in [0, 0.1) is 5.41 Å². The second-order valence-electron chi connectivity index (χ2n) is 6.50. The largest absolute Gasteiger partial charge is 0.755 e. The van der Waals surface area contributed by atoms with E-state index in [2.05, 4.69) is 10.1 Å². The molecular formula is C16H15ClF3N4O4S-. The molecule has 2 aromatic heterocycles. The molecule has 0 aromatic carbocycles. The Labute approximate surface area is 170 Å². The fourth-order valence-electron chi connectivity index (χ4n) is 2.78. The molecule has 0 radical (unpaired) electrons. The summed E-state index contributed by atoms with van der Waals surface area (Å²) in [7, 11) is 0. The number of rotatable bonds is 8. The lowest BCUT2D eigenvalue weighted by atomic mass is 10.0. The number of nitrogens with zero attached hydrogens (tertiary/aromatic N) is 3. The molecule has 1 aliphatic rings. The average Bonchev–Trinajstić information content (AvgIpc) is 3.28. The molecule has 29 heavy (non-hydrogen) atoms. The fraction of sp³-hybridized carbons (Fsp3) is 0.438. The summed E-state index contributed by atoms with van der Waals surface area (Å²) in [5.41, 5.74) is -1.69. The second-order valence-corrected chi connectivity index (χ2v) is 7.53. The van der Waals surface area contributed by atoms with Crippen LogP contribution in [0.1, 0.15) is 36.0 Å². The van der Waals surface area contributed by atoms with Gasteiger partial charge in [0.15, 0.2) is 5.82 Å². The third kappa shape index (κ3) is 5.06. The van der Waals surface area contributed by atoms with E-state index < -0.39 is 28.8 Å². The van der Waals surface area contributed by atoms with Crippen molar-refractivity contribution >= 4 is 28.8 Å². The molecule has 0 bridgehead atoms. The molecule has 1 fully saturated rings. The van der Waals surface area contributed by atoms with Crippen LogP contribution in [0.4, 0.5) is 13.2 Å². The summed E-state index contributed by atoms with van der Waals surface area (Å²) in [4.78, 5) is 15.6. The number of hydrogen-bond donors (Lipinski definition) is 1. The van der Waals surface area contributed by atoms with Crippen LogP contribution in [0.5, 0.6) is 5.88 Å². The van der Waals surface area contributed by atoms with Gasteiger partial charge in [-0.25, -0.2) is 9.67 Å². The Morgan fingerprint density at radius 3 is 2.69 bits per heavy atom. The monoisotopic (exact) mass is 451 g/mol. The number of pyridine rings is 1. The maximum Gasteiger partial charge on any atom is 0.394 e. The highest BCUT2D eigenvalue weighted by atomic mass is 35.5. The van der Waals surface area contributed by atoms with Gasteiger partial charge in [0, 0.05) is 23.5 Å². The standard InChI is InChI=1S/C16H16ClF3N4O4S/c17-13-10(14(25)23-29(26)27)2-3-11(21-13)24-8-4-12(22-24)28-9-1-5-15(6-7-15)16(18,19)20/h2-4,8H,1,5-7,9H2,(H,23,25)(H,26,27)/p-1. The van der Waals surface area contributed by atoms with Crippen LogP contribution in [0.25, 0.3) is 5.82 Å². The van der Waals surface area contributed by atoms with E-state index in [0.717, 1.165) is 0 Å².